The molecule has 0 bridgehead atoms. The van der Waals surface area contributed by atoms with Crippen LogP contribution in [0.2, 0.25) is 0 Å². The van der Waals surface area contributed by atoms with Crippen molar-refractivity contribution in [3.8, 4) is 11.3 Å². The highest BCUT2D eigenvalue weighted by Gasteiger charge is 2.27. The van der Waals surface area contributed by atoms with Gasteiger partial charge in [0.2, 0.25) is 11.8 Å². The maximum atomic E-state index is 14.0. The van der Waals surface area contributed by atoms with E-state index in [4.69, 9.17) is 4.42 Å². The summed E-state index contributed by atoms with van der Waals surface area (Å²) in [6.07, 6.45) is 2.25. The van der Waals surface area contributed by atoms with Gasteiger partial charge in [0.25, 0.3) is 0 Å². The van der Waals surface area contributed by atoms with Crippen LogP contribution >= 0.6 is 0 Å². The van der Waals surface area contributed by atoms with Crippen molar-refractivity contribution < 1.29 is 18.4 Å². The van der Waals surface area contributed by atoms with E-state index in [0.29, 0.717) is 24.2 Å². The maximum absolute atomic E-state index is 14.0. The Hall–Kier alpha value is -2.63. The first-order valence-electron chi connectivity index (χ1n) is 6.57. The van der Waals surface area contributed by atoms with Crippen LogP contribution in [0.15, 0.2) is 41.0 Å². The molecule has 0 aliphatic carbocycles. The van der Waals surface area contributed by atoms with E-state index in [1.165, 1.54) is 18.4 Å². The monoisotopic (exact) mass is 288 g/mol. The van der Waals surface area contributed by atoms with E-state index in [2.05, 4.69) is 10.6 Å². The van der Waals surface area contributed by atoms with Crippen molar-refractivity contribution >= 4 is 17.5 Å². The number of hydrogen-bond acceptors (Lipinski definition) is 3. The molecule has 1 atom stereocenters. The molecule has 1 aromatic heterocycles. The summed E-state index contributed by atoms with van der Waals surface area (Å²) >= 11 is 0. The number of anilines is 1. The summed E-state index contributed by atoms with van der Waals surface area (Å²) in [5, 5.41) is 5.02. The molecule has 6 heteroatoms. The van der Waals surface area contributed by atoms with E-state index >= 15 is 0 Å². The Morgan fingerprint density at radius 3 is 2.86 bits per heavy atom. The van der Waals surface area contributed by atoms with Crippen LogP contribution in [0.25, 0.3) is 11.3 Å². The van der Waals surface area contributed by atoms with E-state index in [1.807, 2.05) is 0 Å². The number of hydrogen-bond donors (Lipinski definition) is 2. The molecule has 1 saturated heterocycles. The Kier molecular flexibility index (Phi) is 3.43. The average Bonchev–Trinajstić information content (AvgIpc) is 3.12. The lowest BCUT2D eigenvalue weighted by Crippen LogP contribution is -2.37. The van der Waals surface area contributed by atoms with Crippen molar-refractivity contribution in [2.45, 2.75) is 18.9 Å². The predicted octanol–water partition coefficient (Wildman–Crippen LogP) is 2.30. The van der Waals surface area contributed by atoms with E-state index < -0.39 is 17.8 Å². The number of halogens is 1. The lowest BCUT2D eigenvalue weighted by Gasteiger charge is -2.12. The van der Waals surface area contributed by atoms with Crippen LogP contribution in [-0.2, 0) is 9.59 Å². The van der Waals surface area contributed by atoms with Crippen LogP contribution in [0.3, 0.4) is 0 Å². The first-order valence-corrected chi connectivity index (χ1v) is 6.57. The van der Waals surface area contributed by atoms with Crippen LogP contribution in [0.1, 0.15) is 12.8 Å². The van der Waals surface area contributed by atoms with E-state index in [1.54, 1.807) is 18.2 Å². The molecule has 21 heavy (non-hydrogen) atoms. The van der Waals surface area contributed by atoms with Gasteiger partial charge in [-0.05, 0) is 36.8 Å². The predicted molar refractivity (Wildman–Crippen MR) is 73.9 cm³/mol. The second-order valence-corrected chi connectivity index (χ2v) is 4.82. The van der Waals surface area contributed by atoms with Gasteiger partial charge in [0.1, 0.15) is 17.6 Å². The highest BCUT2D eigenvalue weighted by atomic mass is 19.1. The van der Waals surface area contributed by atoms with Crippen molar-refractivity contribution in [3.05, 3.63) is 42.4 Å². The second-order valence-electron chi connectivity index (χ2n) is 4.82. The molecular weight excluding hydrogens is 275 g/mol. The molecule has 1 aliphatic rings. The van der Waals surface area contributed by atoms with Crippen LogP contribution < -0.4 is 10.6 Å². The van der Waals surface area contributed by atoms with Gasteiger partial charge in [-0.3, -0.25) is 9.59 Å². The smallest absolute Gasteiger partial charge is 0.247 e. The van der Waals surface area contributed by atoms with E-state index in [-0.39, 0.29) is 11.6 Å². The Bertz CT molecular complexity index is 682. The molecule has 0 unspecified atom stereocenters. The highest BCUT2D eigenvalue weighted by Crippen LogP contribution is 2.25. The zero-order valence-corrected chi connectivity index (χ0v) is 11.1. The third kappa shape index (κ3) is 2.79. The number of benzene rings is 1. The molecule has 0 spiro atoms. The van der Waals surface area contributed by atoms with Gasteiger partial charge in [-0.15, -0.1) is 0 Å². The molecule has 2 N–H and O–H groups in total. The summed E-state index contributed by atoms with van der Waals surface area (Å²) in [5.74, 6) is -0.578. The van der Waals surface area contributed by atoms with Gasteiger partial charge < -0.3 is 15.1 Å². The highest BCUT2D eigenvalue weighted by molar-refractivity contribution is 5.99. The van der Waals surface area contributed by atoms with Gasteiger partial charge >= 0.3 is 0 Å². The van der Waals surface area contributed by atoms with Gasteiger partial charge in [0, 0.05) is 12.0 Å². The van der Waals surface area contributed by atoms with Crippen LogP contribution in [0.4, 0.5) is 10.1 Å². The van der Waals surface area contributed by atoms with Crippen LogP contribution in [0, 0.1) is 5.82 Å². The largest absolute Gasteiger partial charge is 0.464 e. The molecule has 2 amide bonds. The first-order chi connectivity index (χ1) is 10.1. The number of carbonyl (C=O) groups excluding carboxylic acids is 2. The minimum Gasteiger partial charge on any atom is -0.464 e. The summed E-state index contributed by atoms with van der Waals surface area (Å²) < 4.78 is 19.2. The molecule has 108 valence electrons. The van der Waals surface area contributed by atoms with Crippen molar-refractivity contribution in [1.29, 1.82) is 0 Å². The molecule has 3 rings (SSSR count). The maximum Gasteiger partial charge on any atom is 0.247 e. The van der Waals surface area contributed by atoms with Crippen molar-refractivity contribution in [1.82, 2.24) is 5.32 Å². The Labute approximate surface area is 120 Å². The topological polar surface area (TPSA) is 71.3 Å². The molecular formula is C15H13FN2O3. The minimum absolute atomic E-state index is 0.0801. The molecule has 2 heterocycles. The summed E-state index contributed by atoms with van der Waals surface area (Å²) in [6, 6.07) is 7.27. The fraction of sp³-hybridized carbons (Fsp3) is 0.200. The number of furan rings is 1. The lowest BCUT2D eigenvalue weighted by molar-refractivity contribution is -0.122. The lowest BCUT2D eigenvalue weighted by atomic mass is 10.1. The molecule has 5 nitrogen and oxygen atoms in total. The number of nitrogens with one attached hydrogen (secondary N) is 2. The SMILES string of the molecule is O=C1CC[C@H](C(=O)Nc2ccc(-c3ccco3)cc2F)N1. The third-order valence-electron chi connectivity index (χ3n) is 3.34. The standard InChI is InChI=1S/C15H13FN2O3/c16-10-8-9(13-2-1-7-21-13)3-4-11(10)18-15(20)12-5-6-14(19)17-12/h1-4,7-8,12H,5-6H2,(H,17,19)(H,18,20)/t12-/m1/s1. The van der Waals surface area contributed by atoms with Crippen LogP contribution in [0.5, 0.6) is 0 Å². The number of carbonyl (C=O) groups is 2. The Balaban J connectivity index is 1.74. The van der Waals surface area contributed by atoms with Gasteiger partial charge in [-0.1, -0.05) is 0 Å². The fourth-order valence-corrected chi connectivity index (χ4v) is 2.24. The van der Waals surface area contributed by atoms with Crippen molar-refractivity contribution in [3.63, 3.8) is 0 Å². The first kappa shape index (κ1) is 13.4. The van der Waals surface area contributed by atoms with E-state index in [9.17, 15) is 14.0 Å². The zero-order valence-electron chi connectivity index (χ0n) is 11.1. The normalized spacial score (nSPS) is 17.6. The van der Waals surface area contributed by atoms with Gasteiger partial charge in [0.15, 0.2) is 0 Å². The molecule has 2 aromatic rings. The van der Waals surface area contributed by atoms with Crippen LogP contribution in [-0.4, -0.2) is 17.9 Å². The summed E-state index contributed by atoms with van der Waals surface area (Å²) in [5.41, 5.74) is 0.668. The Morgan fingerprint density at radius 1 is 1.38 bits per heavy atom. The summed E-state index contributed by atoms with van der Waals surface area (Å²) in [6.45, 7) is 0. The summed E-state index contributed by atoms with van der Waals surface area (Å²) in [7, 11) is 0. The Morgan fingerprint density at radius 2 is 2.24 bits per heavy atom. The van der Waals surface area contributed by atoms with E-state index in [0.717, 1.165) is 0 Å². The van der Waals surface area contributed by atoms with Crippen molar-refractivity contribution in [2.75, 3.05) is 5.32 Å². The van der Waals surface area contributed by atoms with Gasteiger partial charge in [-0.2, -0.15) is 0 Å². The zero-order chi connectivity index (χ0) is 14.8. The van der Waals surface area contributed by atoms with Gasteiger partial charge in [-0.25, -0.2) is 4.39 Å². The second kappa shape index (κ2) is 5.40. The molecule has 0 saturated carbocycles. The fourth-order valence-electron chi connectivity index (χ4n) is 2.24. The minimum atomic E-state index is -0.596. The third-order valence-corrected chi connectivity index (χ3v) is 3.34. The average molecular weight is 288 g/mol. The molecule has 1 fully saturated rings. The molecule has 1 aliphatic heterocycles. The molecule has 0 radical (unpaired) electrons. The number of amides is 2. The van der Waals surface area contributed by atoms with Crippen molar-refractivity contribution in [2.24, 2.45) is 0 Å². The quantitative estimate of drug-likeness (QED) is 0.910. The summed E-state index contributed by atoms with van der Waals surface area (Å²) in [4.78, 5) is 23.0. The van der Waals surface area contributed by atoms with Gasteiger partial charge in [0.05, 0.1) is 12.0 Å². The number of rotatable bonds is 3. The molecule has 1 aromatic carbocycles.